The van der Waals surface area contributed by atoms with E-state index in [1.807, 2.05) is 39.0 Å². The van der Waals surface area contributed by atoms with E-state index in [9.17, 15) is 8.60 Å². The molecule has 2 aromatic carbocycles. The Balaban J connectivity index is 2.01. The lowest BCUT2D eigenvalue weighted by molar-refractivity contribution is 0.520. The predicted molar refractivity (Wildman–Crippen MR) is 113 cm³/mol. The third-order valence-electron chi connectivity index (χ3n) is 4.03. The number of nitrogens with one attached hydrogen (secondary N) is 1. The zero-order valence-electron chi connectivity index (χ0n) is 16.0. The fourth-order valence-corrected chi connectivity index (χ4v) is 4.01. The molecule has 28 heavy (non-hydrogen) atoms. The minimum absolute atomic E-state index is 0.212. The summed E-state index contributed by atoms with van der Waals surface area (Å²) in [6.07, 6.45) is 1.49. The molecule has 1 atom stereocenters. The summed E-state index contributed by atoms with van der Waals surface area (Å²) in [5.41, 5.74) is 13.6. The van der Waals surface area contributed by atoms with Crippen molar-refractivity contribution in [1.82, 2.24) is 9.71 Å². The molecule has 0 saturated carbocycles. The fraction of sp³-hybridized carbons (Fsp3) is 0.190. The second-order valence-corrected chi connectivity index (χ2v) is 8.69. The maximum absolute atomic E-state index is 14.9. The maximum Gasteiger partial charge on any atom is 0.146 e. The van der Waals surface area contributed by atoms with Gasteiger partial charge in [0.1, 0.15) is 22.6 Å². The topological polar surface area (TPSA) is 94.0 Å². The highest BCUT2D eigenvalue weighted by atomic mass is 32.2. The van der Waals surface area contributed by atoms with Crippen LogP contribution in [0.15, 0.2) is 59.6 Å². The smallest absolute Gasteiger partial charge is 0.146 e. The van der Waals surface area contributed by atoms with Gasteiger partial charge in [-0.2, -0.15) is 0 Å². The van der Waals surface area contributed by atoms with Crippen LogP contribution in [0.4, 0.5) is 15.9 Å². The van der Waals surface area contributed by atoms with Crippen LogP contribution in [0, 0.1) is 5.82 Å². The molecular weight excluding hydrogens is 375 g/mol. The van der Waals surface area contributed by atoms with Crippen molar-refractivity contribution in [2.75, 3.05) is 11.5 Å². The van der Waals surface area contributed by atoms with Gasteiger partial charge in [-0.1, -0.05) is 30.3 Å². The Morgan fingerprint density at radius 2 is 1.71 bits per heavy atom. The number of pyridine rings is 1. The molecule has 0 aliphatic rings. The van der Waals surface area contributed by atoms with E-state index in [1.165, 1.54) is 12.3 Å². The number of aromatic nitrogens is 1. The van der Waals surface area contributed by atoms with E-state index in [-0.39, 0.29) is 11.4 Å². The summed E-state index contributed by atoms with van der Waals surface area (Å²) in [5, 5.41) is 0. The SMILES string of the molecule is CC(C)(C)NS(=O)c1ccccc1-c1ccc(-c2cnc(N)c(N)c2)c(F)c1. The normalized spacial score (nSPS) is 12.7. The van der Waals surface area contributed by atoms with Crippen molar-refractivity contribution in [3.05, 3.63) is 60.5 Å². The molecule has 7 heteroatoms. The average molecular weight is 399 g/mol. The highest BCUT2D eigenvalue weighted by Gasteiger charge is 2.18. The van der Waals surface area contributed by atoms with Crippen molar-refractivity contribution in [2.24, 2.45) is 0 Å². The third kappa shape index (κ3) is 4.37. The lowest BCUT2D eigenvalue weighted by atomic mass is 10.0. The lowest BCUT2D eigenvalue weighted by Gasteiger charge is -2.21. The van der Waals surface area contributed by atoms with Crippen LogP contribution in [0.3, 0.4) is 0 Å². The molecule has 0 spiro atoms. The zero-order valence-corrected chi connectivity index (χ0v) is 16.8. The molecule has 0 fully saturated rings. The number of hydrogen-bond acceptors (Lipinski definition) is 4. The van der Waals surface area contributed by atoms with Gasteiger partial charge in [-0.05, 0) is 50.1 Å². The second-order valence-electron chi connectivity index (χ2n) is 7.51. The summed E-state index contributed by atoms with van der Waals surface area (Å²) in [6.45, 7) is 5.82. The molecule has 3 rings (SSSR count). The standard InChI is InChI=1S/C21H23FN4OS/c1-21(2,3)26-28(27)19-7-5-4-6-16(19)13-8-9-15(17(22)10-13)14-11-18(23)20(24)25-12-14/h4-12,26H,23H2,1-3H3,(H2,24,25). The van der Waals surface area contributed by atoms with Crippen LogP contribution in [0.2, 0.25) is 0 Å². The summed E-state index contributed by atoms with van der Waals surface area (Å²) in [5.74, 6) is -0.212. The number of halogens is 1. The Bertz CT molecular complexity index is 1050. The van der Waals surface area contributed by atoms with Gasteiger partial charge in [0.2, 0.25) is 0 Å². The van der Waals surface area contributed by atoms with E-state index < -0.39 is 16.8 Å². The molecule has 0 amide bonds. The summed E-state index contributed by atoms with van der Waals surface area (Å²) in [6, 6.07) is 13.7. The molecule has 0 aliphatic carbocycles. The van der Waals surface area contributed by atoms with Crippen molar-refractivity contribution in [2.45, 2.75) is 31.2 Å². The molecule has 1 heterocycles. The van der Waals surface area contributed by atoms with Gasteiger partial charge in [-0.15, -0.1) is 0 Å². The van der Waals surface area contributed by atoms with Crippen LogP contribution in [0.5, 0.6) is 0 Å². The molecule has 5 N–H and O–H groups in total. The Labute approximate surface area is 166 Å². The van der Waals surface area contributed by atoms with Crippen LogP contribution in [-0.4, -0.2) is 14.7 Å². The molecule has 0 radical (unpaired) electrons. The van der Waals surface area contributed by atoms with Gasteiger partial charge in [-0.3, -0.25) is 0 Å². The minimum atomic E-state index is -1.43. The van der Waals surface area contributed by atoms with Crippen LogP contribution >= 0.6 is 0 Å². The lowest BCUT2D eigenvalue weighted by Crippen LogP contribution is -2.37. The maximum atomic E-state index is 14.9. The summed E-state index contributed by atoms with van der Waals surface area (Å²) >= 11 is 0. The van der Waals surface area contributed by atoms with E-state index in [1.54, 1.807) is 24.3 Å². The first-order chi connectivity index (χ1) is 13.2. The van der Waals surface area contributed by atoms with Gasteiger partial charge in [0.15, 0.2) is 0 Å². The van der Waals surface area contributed by atoms with Gasteiger partial charge in [0, 0.05) is 22.9 Å². The van der Waals surface area contributed by atoms with Crippen molar-refractivity contribution in [3.8, 4) is 22.3 Å². The monoisotopic (exact) mass is 398 g/mol. The second kappa shape index (κ2) is 7.69. The highest BCUT2D eigenvalue weighted by Crippen LogP contribution is 2.32. The molecular formula is C21H23FN4OS. The quantitative estimate of drug-likeness (QED) is 0.616. The Morgan fingerprint density at radius 3 is 2.36 bits per heavy atom. The predicted octanol–water partition coefficient (Wildman–Crippen LogP) is 4.13. The summed E-state index contributed by atoms with van der Waals surface area (Å²) in [4.78, 5) is 4.59. The largest absolute Gasteiger partial charge is 0.396 e. The van der Waals surface area contributed by atoms with Gasteiger partial charge in [-0.25, -0.2) is 18.3 Å². The van der Waals surface area contributed by atoms with Gasteiger partial charge in [0.05, 0.1) is 10.6 Å². The number of hydrogen-bond donors (Lipinski definition) is 3. The van der Waals surface area contributed by atoms with Crippen molar-refractivity contribution in [1.29, 1.82) is 0 Å². The van der Waals surface area contributed by atoms with Crippen molar-refractivity contribution in [3.63, 3.8) is 0 Å². The third-order valence-corrected chi connectivity index (χ3v) is 5.58. The molecule has 5 nitrogen and oxygen atoms in total. The summed E-state index contributed by atoms with van der Waals surface area (Å²) < 4.78 is 30.7. The van der Waals surface area contributed by atoms with Crippen LogP contribution < -0.4 is 16.2 Å². The first-order valence-electron chi connectivity index (χ1n) is 8.75. The Kier molecular flexibility index (Phi) is 5.49. The first kappa shape index (κ1) is 20.0. The molecule has 0 aliphatic heterocycles. The number of anilines is 2. The van der Waals surface area contributed by atoms with E-state index in [0.29, 0.717) is 32.8 Å². The highest BCUT2D eigenvalue weighted by molar-refractivity contribution is 7.83. The van der Waals surface area contributed by atoms with Crippen molar-refractivity contribution < 1.29 is 8.60 Å². The molecule has 0 saturated heterocycles. The number of rotatable bonds is 4. The van der Waals surface area contributed by atoms with Crippen LogP contribution in [-0.2, 0) is 11.0 Å². The molecule has 1 unspecified atom stereocenters. The average Bonchev–Trinajstić information content (AvgIpc) is 2.62. The van der Waals surface area contributed by atoms with Crippen molar-refractivity contribution >= 4 is 22.5 Å². The number of benzene rings is 2. The van der Waals surface area contributed by atoms with E-state index >= 15 is 0 Å². The first-order valence-corrected chi connectivity index (χ1v) is 9.90. The number of nitrogens with zero attached hydrogens (tertiary/aromatic N) is 1. The minimum Gasteiger partial charge on any atom is -0.396 e. The Morgan fingerprint density at radius 1 is 1.00 bits per heavy atom. The Hall–Kier alpha value is -2.77. The number of nitrogens with two attached hydrogens (primary N) is 2. The molecule has 0 bridgehead atoms. The zero-order chi connectivity index (χ0) is 20.5. The molecule has 1 aromatic heterocycles. The molecule has 3 aromatic rings. The molecule has 146 valence electrons. The van der Waals surface area contributed by atoms with Crippen LogP contribution in [0.1, 0.15) is 20.8 Å². The van der Waals surface area contributed by atoms with E-state index in [2.05, 4.69) is 9.71 Å². The van der Waals surface area contributed by atoms with E-state index in [4.69, 9.17) is 11.5 Å². The summed E-state index contributed by atoms with van der Waals surface area (Å²) in [7, 11) is -1.43. The van der Waals surface area contributed by atoms with Gasteiger partial charge < -0.3 is 11.5 Å². The van der Waals surface area contributed by atoms with E-state index in [0.717, 1.165) is 0 Å². The van der Waals surface area contributed by atoms with Crippen LogP contribution in [0.25, 0.3) is 22.3 Å². The van der Waals surface area contributed by atoms with Gasteiger partial charge in [0.25, 0.3) is 0 Å². The van der Waals surface area contributed by atoms with Gasteiger partial charge >= 0.3 is 0 Å². The number of nitrogen functional groups attached to an aromatic ring is 2. The fourth-order valence-electron chi connectivity index (χ4n) is 2.76.